The molecule has 1 amide bonds. The predicted octanol–water partition coefficient (Wildman–Crippen LogP) is 16.5. The van der Waals surface area contributed by atoms with Crippen LogP contribution in [0, 0.1) is 0 Å². The van der Waals surface area contributed by atoms with E-state index in [0.717, 1.165) is 45.6 Å². The van der Waals surface area contributed by atoms with E-state index < -0.39 is 0 Å². The highest BCUT2D eigenvalue weighted by atomic mass is 16.3. The normalized spacial score (nSPS) is 12.0. The number of amides is 1. The lowest BCUT2D eigenvalue weighted by atomic mass is 10.1. The number of hydrogen-bond acceptors (Lipinski definition) is 4. The van der Waals surface area contributed by atoms with E-state index in [9.17, 15) is 9.90 Å². The Bertz CT molecular complexity index is 867. The summed E-state index contributed by atoms with van der Waals surface area (Å²) in [6, 6.07) is 0. The van der Waals surface area contributed by atoms with Gasteiger partial charge in [0.2, 0.25) is 5.91 Å². The molecule has 0 radical (unpaired) electrons. The van der Waals surface area contributed by atoms with Crippen molar-refractivity contribution in [3.8, 4) is 0 Å². The van der Waals surface area contributed by atoms with Crippen molar-refractivity contribution in [3.05, 3.63) is 24.3 Å². The van der Waals surface area contributed by atoms with Gasteiger partial charge in [0, 0.05) is 26.1 Å². The summed E-state index contributed by atoms with van der Waals surface area (Å²) in [7, 11) is 0. The maximum Gasteiger partial charge on any atom is 0.220 e. The predicted molar refractivity (Wildman–Crippen MR) is 273 cm³/mol. The molecule has 0 bridgehead atoms. The molecule has 5 nitrogen and oxygen atoms in total. The molecule has 362 valence electrons. The summed E-state index contributed by atoms with van der Waals surface area (Å²) >= 11 is 0. The third-order valence-electron chi connectivity index (χ3n) is 12.9. The van der Waals surface area contributed by atoms with Gasteiger partial charge >= 0.3 is 0 Å². The quantitative estimate of drug-likeness (QED) is 0.0473. The lowest BCUT2D eigenvalue weighted by molar-refractivity contribution is -0.121. The maximum atomic E-state index is 12.7. The van der Waals surface area contributed by atoms with E-state index in [1.807, 2.05) is 0 Å². The van der Waals surface area contributed by atoms with Crippen molar-refractivity contribution in [2.24, 2.45) is 0 Å². The molecule has 0 unspecified atom stereocenters. The summed E-state index contributed by atoms with van der Waals surface area (Å²) in [5, 5.41) is 12.9. The van der Waals surface area contributed by atoms with Crippen molar-refractivity contribution in [2.45, 2.75) is 278 Å². The molecule has 0 fully saturated rings. The van der Waals surface area contributed by atoms with Gasteiger partial charge in [-0.2, -0.15) is 0 Å². The van der Waals surface area contributed by atoms with Gasteiger partial charge in [0.05, 0.1) is 6.61 Å². The standard InChI is InChI=1S/C56H111N3O2/c1-4-7-10-13-16-19-22-23-24-25-26-27-30-35-40-45-51-59(54-55-60)52-46-41-36-31-32-37-42-47-56(61)57-48-53-58(49-43-38-33-28-20-17-14-11-8-5-2)50-44-39-34-29-21-18-15-12-9-6-3/h16,19,23-24,60H,4-15,17-18,20-22,25-55H2,1-3H3,(H,57,61)/b19-16-,24-23-. The van der Waals surface area contributed by atoms with Gasteiger partial charge in [0.15, 0.2) is 0 Å². The van der Waals surface area contributed by atoms with Crippen LogP contribution in [0.3, 0.4) is 0 Å². The third kappa shape index (κ3) is 49.7. The Morgan fingerprint density at radius 3 is 1.08 bits per heavy atom. The number of rotatable bonds is 52. The molecule has 0 aliphatic carbocycles. The molecule has 0 aromatic carbocycles. The average molecular weight is 859 g/mol. The molecule has 0 rings (SSSR count). The minimum Gasteiger partial charge on any atom is -0.395 e. The van der Waals surface area contributed by atoms with Crippen LogP contribution in [0.5, 0.6) is 0 Å². The number of allylic oxidation sites excluding steroid dienone is 4. The average Bonchev–Trinajstić information content (AvgIpc) is 3.26. The van der Waals surface area contributed by atoms with E-state index in [-0.39, 0.29) is 12.5 Å². The first-order valence-corrected chi connectivity index (χ1v) is 27.8. The molecule has 2 N–H and O–H groups in total. The number of nitrogens with zero attached hydrogens (tertiary/aromatic N) is 2. The Balaban J connectivity index is 3.99. The van der Waals surface area contributed by atoms with Crippen molar-refractivity contribution in [2.75, 3.05) is 52.4 Å². The molecule has 0 saturated carbocycles. The molecule has 61 heavy (non-hydrogen) atoms. The van der Waals surface area contributed by atoms with Crippen LogP contribution in [0.1, 0.15) is 278 Å². The van der Waals surface area contributed by atoms with Crippen molar-refractivity contribution >= 4 is 5.91 Å². The molecule has 0 saturated heterocycles. The molecule has 0 aliphatic heterocycles. The molecule has 0 aliphatic rings. The Hall–Kier alpha value is -1.17. The highest BCUT2D eigenvalue weighted by molar-refractivity contribution is 5.75. The number of carbonyl (C=O) groups is 1. The molecule has 0 aromatic rings. The fraction of sp³-hybridized carbons (Fsp3) is 0.911. The second kappa shape index (κ2) is 53.2. The van der Waals surface area contributed by atoms with E-state index >= 15 is 0 Å². The van der Waals surface area contributed by atoms with Gasteiger partial charge in [0.25, 0.3) is 0 Å². The number of unbranched alkanes of at least 4 members (excludes halogenated alkanes) is 33. The van der Waals surface area contributed by atoms with E-state index in [1.165, 1.54) is 251 Å². The van der Waals surface area contributed by atoms with Gasteiger partial charge < -0.3 is 20.2 Å². The Labute approximate surface area is 383 Å². The number of carbonyl (C=O) groups excluding carboxylic acids is 1. The fourth-order valence-corrected chi connectivity index (χ4v) is 8.73. The molecule has 0 aromatic heterocycles. The SMILES string of the molecule is CCCCC/C=C\C/C=C\CCCCCCCCN(CCO)CCCCCCCCCC(=O)NCCN(CCCCCCCCCCCC)CCCCCCCCCCCC. The largest absolute Gasteiger partial charge is 0.395 e. The van der Waals surface area contributed by atoms with Crippen LogP contribution in [-0.2, 0) is 4.79 Å². The van der Waals surface area contributed by atoms with Crippen molar-refractivity contribution in [3.63, 3.8) is 0 Å². The fourth-order valence-electron chi connectivity index (χ4n) is 8.73. The Morgan fingerprint density at radius 1 is 0.377 bits per heavy atom. The van der Waals surface area contributed by atoms with Gasteiger partial charge in [0.1, 0.15) is 0 Å². The smallest absolute Gasteiger partial charge is 0.220 e. The third-order valence-corrected chi connectivity index (χ3v) is 12.9. The molecular weight excluding hydrogens is 747 g/mol. The van der Waals surface area contributed by atoms with Crippen LogP contribution in [0.4, 0.5) is 0 Å². The zero-order chi connectivity index (χ0) is 44.2. The van der Waals surface area contributed by atoms with Crippen molar-refractivity contribution in [1.82, 2.24) is 15.1 Å². The number of nitrogens with one attached hydrogen (secondary N) is 1. The van der Waals surface area contributed by atoms with Crippen LogP contribution in [-0.4, -0.2) is 73.2 Å². The molecule has 0 heterocycles. The van der Waals surface area contributed by atoms with E-state index in [4.69, 9.17) is 0 Å². The van der Waals surface area contributed by atoms with Crippen LogP contribution in [0.25, 0.3) is 0 Å². The van der Waals surface area contributed by atoms with Crippen LogP contribution < -0.4 is 5.32 Å². The van der Waals surface area contributed by atoms with Gasteiger partial charge in [-0.1, -0.05) is 231 Å². The summed E-state index contributed by atoms with van der Waals surface area (Å²) in [4.78, 5) is 17.8. The summed E-state index contributed by atoms with van der Waals surface area (Å²) in [6.45, 7) is 14.4. The highest BCUT2D eigenvalue weighted by Crippen LogP contribution is 2.15. The number of aliphatic hydroxyl groups is 1. The van der Waals surface area contributed by atoms with E-state index in [0.29, 0.717) is 6.42 Å². The summed E-state index contributed by atoms with van der Waals surface area (Å²) < 4.78 is 0. The van der Waals surface area contributed by atoms with Crippen LogP contribution in [0.2, 0.25) is 0 Å². The second-order valence-electron chi connectivity index (χ2n) is 18.9. The first kappa shape index (κ1) is 59.8. The van der Waals surface area contributed by atoms with Crippen molar-refractivity contribution < 1.29 is 9.90 Å². The molecule has 0 spiro atoms. The van der Waals surface area contributed by atoms with Gasteiger partial charge in [-0.3, -0.25) is 4.79 Å². The number of aliphatic hydroxyl groups excluding tert-OH is 1. The van der Waals surface area contributed by atoms with Crippen LogP contribution >= 0.6 is 0 Å². The minimum absolute atomic E-state index is 0.251. The number of hydrogen-bond donors (Lipinski definition) is 2. The summed E-state index contributed by atoms with van der Waals surface area (Å²) in [6.07, 6.45) is 61.8. The first-order valence-electron chi connectivity index (χ1n) is 27.8. The Morgan fingerprint density at radius 2 is 0.689 bits per heavy atom. The minimum atomic E-state index is 0.251. The summed E-state index contributed by atoms with van der Waals surface area (Å²) in [5.74, 6) is 0.251. The Kier molecular flexibility index (Phi) is 52.2. The van der Waals surface area contributed by atoms with Crippen molar-refractivity contribution in [1.29, 1.82) is 0 Å². The maximum absolute atomic E-state index is 12.7. The first-order chi connectivity index (χ1) is 30.2. The van der Waals surface area contributed by atoms with E-state index in [1.54, 1.807) is 0 Å². The molecular formula is C56H111N3O2. The zero-order valence-electron chi connectivity index (χ0n) is 42.0. The van der Waals surface area contributed by atoms with Gasteiger partial charge in [-0.05, 0) is 90.4 Å². The lowest BCUT2D eigenvalue weighted by Crippen LogP contribution is -2.36. The highest BCUT2D eigenvalue weighted by Gasteiger charge is 2.08. The summed E-state index contributed by atoms with van der Waals surface area (Å²) in [5.41, 5.74) is 0. The lowest BCUT2D eigenvalue weighted by Gasteiger charge is -2.22. The zero-order valence-corrected chi connectivity index (χ0v) is 42.0. The van der Waals surface area contributed by atoms with Gasteiger partial charge in [-0.15, -0.1) is 0 Å². The van der Waals surface area contributed by atoms with Gasteiger partial charge in [-0.25, -0.2) is 0 Å². The topological polar surface area (TPSA) is 55.8 Å². The van der Waals surface area contributed by atoms with Crippen LogP contribution in [0.15, 0.2) is 24.3 Å². The monoisotopic (exact) mass is 858 g/mol. The molecule has 5 heteroatoms. The second-order valence-corrected chi connectivity index (χ2v) is 18.9. The molecule has 0 atom stereocenters. The van der Waals surface area contributed by atoms with E-state index in [2.05, 4.69) is 60.2 Å².